The average Bonchev–Trinajstić information content (AvgIpc) is 2.61. The molecule has 1 aromatic carbocycles. The van der Waals surface area contributed by atoms with Gasteiger partial charge in [-0.05, 0) is 48.8 Å². The second-order valence-electron chi connectivity index (χ2n) is 9.34. The Hall–Kier alpha value is -2.48. The summed E-state index contributed by atoms with van der Waals surface area (Å²) in [6.07, 6.45) is 1.80. The van der Waals surface area contributed by atoms with Crippen LogP contribution in [-0.4, -0.2) is 46.7 Å². The van der Waals surface area contributed by atoms with Gasteiger partial charge in [0, 0.05) is 19.5 Å². The molecule has 2 saturated heterocycles. The van der Waals surface area contributed by atoms with Crippen LogP contribution in [-0.2, 0) is 14.4 Å². The third-order valence-electron chi connectivity index (χ3n) is 6.09. The van der Waals surface area contributed by atoms with Crippen molar-refractivity contribution in [2.45, 2.75) is 63.9 Å². The number of anilines is 1. The molecule has 0 aliphatic carbocycles. The third-order valence-corrected chi connectivity index (χ3v) is 6.09. The molecule has 2 aliphatic rings. The van der Waals surface area contributed by atoms with E-state index in [0.717, 1.165) is 0 Å². The first-order chi connectivity index (χ1) is 14.0. The Morgan fingerprint density at radius 3 is 2.53 bits per heavy atom. The van der Waals surface area contributed by atoms with Crippen LogP contribution >= 0.6 is 0 Å². The van der Waals surface area contributed by atoms with Crippen LogP contribution in [0.15, 0.2) is 18.2 Å². The number of carboxylic acid groups (broad SMARTS) is 1. The molecule has 2 heterocycles. The SMILES string of the molecule is CC(C)(CC(=O)O)CC1(O)CCN(c2ccc(C3CCC(=O)NC3=O)cc2F)CC1. The number of carboxylic acids is 1. The fourth-order valence-electron chi connectivity index (χ4n) is 4.71. The molecule has 8 heteroatoms. The molecule has 1 atom stereocenters. The number of halogens is 1. The van der Waals surface area contributed by atoms with Gasteiger partial charge in [0.15, 0.2) is 0 Å². The van der Waals surface area contributed by atoms with E-state index in [9.17, 15) is 23.9 Å². The Labute approximate surface area is 175 Å². The first-order valence-electron chi connectivity index (χ1n) is 10.3. The number of rotatable bonds is 6. The summed E-state index contributed by atoms with van der Waals surface area (Å²) in [5.41, 5.74) is -0.543. The van der Waals surface area contributed by atoms with Gasteiger partial charge in [0.05, 0.1) is 23.6 Å². The van der Waals surface area contributed by atoms with Crippen molar-refractivity contribution in [2.24, 2.45) is 5.41 Å². The van der Waals surface area contributed by atoms with E-state index in [1.165, 1.54) is 6.07 Å². The average molecular weight is 420 g/mol. The fraction of sp³-hybridized carbons (Fsp3) is 0.591. The van der Waals surface area contributed by atoms with Crippen molar-refractivity contribution >= 4 is 23.5 Å². The highest BCUT2D eigenvalue weighted by Gasteiger charge is 2.39. The first kappa shape index (κ1) is 22.2. The van der Waals surface area contributed by atoms with Gasteiger partial charge in [-0.2, -0.15) is 0 Å². The minimum atomic E-state index is -0.974. The summed E-state index contributed by atoms with van der Waals surface area (Å²) < 4.78 is 14.8. The number of hydrogen-bond donors (Lipinski definition) is 3. The number of carbonyl (C=O) groups excluding carboxylic acids is 2. The molecule has 0 saturated carbocycles. The van der Waals surface area contributed by atoms with Crippen molar-refractivity contribution in [3.8, 4) is 0 Å². The van der Waals surface area contributed by atoms with Crippen LogP contribution in [0.3, 0.4) is 0 Å². The molecule has 0 aromatic heterocycles. The van der Waals surface area contributed by atoms with Gasteiger partial charge in [-0.25, -0.2) is 4.39 Å². The number of amides is 2. The Morgan fingerprint density at radius 1 is 1.30 bits per heavy atom. The predicted molar refractivity (Wildman–Crippen MR) is 109 cm³/mol. The topological polar surface area (TPSA) is 107 Å². The molecule has 2 amide bonds. The van der Waals surface area contributed by atoms with Gasteiger partial charge in [-0.3, -0.25) is 19.7 Å². The van der Waals surface area contributed by atoms with E-state index in [2.05, 4.69) is 5.32 Å². The summed E-state index contributed by atoms with van der Waals surface area (Å²) in [5, 5.41) is 22.3. The van der Waals surface area contributed by atoms with Crippen molar-refractivity contribution in [3.05, 3.63) is 29.6 Å². The van der Waals surface area contributed by atoms with Crippen molar-refractivity contribution in [1.29, 1.82) is 0 Å². The van der Waals surface area contributed by atoms with Gasteiger partial charge >= 0.3 is 5.97 Å². The maximum absolute atomic E-state index is 14.8. The van der Waals surface area contributed by atoms with E-state index >= 15 is 0 Å². The van der Waals surface area contributed by atoms with E-state index < -0.39 is 34.6 Å². The minimum Gasteiger partial charge on any atom is -0.481 e. The maximum Gasteiger partial charge on any atom is 0.303 e. The molecular formula is C22H29FN2O5. The van der Waals surface area contributed by atoms with E-state index in [-0.39, 0.29) is 18.7 Å². The third kappa shape index (κ3) is 5.16. The van der Waals surface area contributed by atoms with Crippen LogP contribution in [0.5, 0.6) is 0 Å². The normalized spacial score (nSPS) is 22.0. The van der Waals surface area contributed by atoms with E-state index in [4.69, 9.17) is 5.11 Å². The number of aliphatic carboxylic acids is 1. The summed E-state index contributed by atoms with van der Waals surface area (Å²) in [7, 11) is 0. The largest absolute Gasteiger partial charge is 0.481 e. The lowest BCUT2D eigenvalue weighted by Crippen LogP contribution is -2.47. The molecule has 2 fully saturated rings. The predicted octanol–water partition coefficient (Wildman–Crippen LogP) is 2.57. The number of imide groups is 1. The zero-order valence-corrected chi connectivity index (χ0v) is 17.4. The molecule has 0 bridgehead atoms. The lowest BCUT2D eigenvalue weighted by Gasteiger charge is -2.42. The highest BCUT2D eigenvalue weighted by atomic mass is 19.1. The first-order valence-corrected chi connectivity index (χ1v) is 10.3. The van der Waals surface area contributed by atoms with Gasteiger partial charge in [0.2, 0.25) is 11.8 Å². The number of benzene rings is 1. The van der Waals surface area contributed by atoms with Crippen LogP contribution in [0.1, 0.15) is 63.9 Å². The highest BCUT2D eigenvalue weighted by Crippen LogP contribution is 2.38. The number of hydrogen-bond acceptors (Lipinski definition) is 5. The molecule has 2 aliphatic heterocycles. The van der Waals surface area contributed by atoms with E-state index in [0.29, 0.717) is 50.0 Å². The van der Waals surface area contributed by atoms with Gasteiger partial charge in [0.25, 0.3) is 0 Å². The number of piperidine rings is 2. The summed E-state index contributed by atoms with van der Waals surface area (Å²) >= 11 is 0. The van der Waals surface area contributed by atoms with Crippen molar-refractivity contribution in [1.82, 2.24) is 5.32 Å². The minimum absolute atomic E-state index is 0.0184. The Morgan fingerprint density at radius 2 is 1.97 bits per heavy atom. The lowest BCUT2D eigenvalue weighted by atomic mass is 9.74. The van der Waals surface area contributed by atoms with Gasteiger partial charge in [0.1, 0.15) is 5.82 Å². The molecule has 3 N–H and O–H groups in total. The summed E-state index contributed by atoms with van der Waals surface area (Å²) in [6, 6.07) is 4.72. The molecule has 0 spiro atoms. The number of nitrogens with zero attached hydrogens (tertiary/aromatic N) is 1. The Balaban J connectivity index is 1.65. The second kappa shape index (κ2) is 8.34. The molecule has 0 radical (unpaired) electrons. The Bertz CT molecular complexity index is 846. The van der Waals surface area contributed by atoms with E-state index in [1.54, 1.807) is 12.1 Å². The van der Waals surface area contributed by atoms with Crippen LogP contribution in [0.25, 0.3) is 0 Å². The molecule has 164 valence electrons. The van der Waals surface area contributed by atoms with Crippen LogP contribution < -0.4 is 10.2 Å². The van der Waals surface area contributed by atoms with Gasteiger partial charge in [-0.15, -0.1) is 0 Å². The zero-order chi connectivity index (χ0) is 22.1. The smallest absolute Gasteiger partial charge is 0.303 e. The van der Waals surface area contributed by atoms with Crippen LogP contribution in [0, 0.1) is 11.2 Å². The monoisotopic (exact) mass is 420 g/mol. The molecular weight excluding hydrogens is 391 g/mol. The standard InChI is InChI=1S/C22H29FN2O5/c1-21(2,12-19(27)28)13-22(30)7-9-25(10-8-22)17-5-3-14(11-16(17)23)15-4-6-18(26)24-20(15)29/h3,5,11,15,30H,4,6-10,12-13H2,1-2H3,(H,27,28)(H,24,26,29). The molecule has 1 aromatic rings. The summed E-state index contributed by atoms with van der Waals surface area (Å²) in [6.45, 7) is 4.57. The van der Waals surface area contributed by atoms with Crippen LogP contribution in [0.4, 0.5) is 10.1 Å². The van der Waals surface area contributed by atoms with Gasteiger partial charge < -0.3 is 15.1 Å². The van der Waals surface area contributed by atoms with Crippen molar-refractivity contribution in [2.75, 3.05) is 18.0 Å². The quantitative estimate of drug-likeness (QED) is 0.611. The van der Waals surface area contributed by atoms with Crippen LogP contribution in [0.2, 0.25) is 0 Å². The number of nitrogens with one attached hydrogen (secondary N) is 1. The molecule has 7 nitrogen and oxygen atoms in total. The Kier molecular flexibility index (Phi) is 6.17. The molecule has 1 unspecified atom stereocenters. The fourth-order valence-corrected chi connectivity index (χ4v) is 4.71. The number of carbonyl (C=O) groups is 3. The number of aliphatic hydroxyl groups is 1. The summed E-state index contributed by atoms with van der Waals surface area (Å²) in [4.78, 5) is 36.2. The molecule has 3 rings (SSSR count). The lowest BCUT2D eigenvalue weighted by molar-refractivity contribution is -0.140. The van der Waals surface area contributed by atoms with E-state index in [1.807, 2.05) is 18.7 Å². The summed E-state index contributed by atoms with van der Waals surface area (Å²) in [5.74, 6) is -2.56. The zero-order valence-electron chi connectivity index (χ0n) is 17.4. The second-order valence-corrected chi connectivity index (χ2v) is 9.34. The van der Waals surface area contributed by atoms with Gasteiger partial charge in [-0.1, -0.05) is 19.9 Å². The highest BCUT2D eigenvalue weighted by molar-refractivity contribution is 6.00. The maximum atomic E-state index is 14.8. The van der Waals surface area contributed by atoms with Crippen molar-refractivity contribution < 1.29 is 29.0 Å². The molecule has 30 heavy (non-hydrogen) atoms. The van der Waals surface area contributed by atoms with Crippen molar-refractivity contribution in [3.63, 3.8) is 0 Å².